The van der Waals surface area contributed by atoms with Crippen molar-refractivity contribution in [1.29, 1.82) is 0 Å². The molecule has 0 fully saturated rings. The minimum Gasteiger partial charge on any atom is -0.330 e. The van der Waals surface area contributed by atoms with Gasteiger partial charge in [-0.3, -0.25) is 4.79 Å². The van der Waals surface area contributed by atoms with Crippen LogP contribution in [0.2, 0.25) is 5.02 Å². The Morgan fingerprint density at radius 1 is 1.53 bits per heavy atom. The van der Waals surface area contributed by atoms with E-state index in [1.165, 1.54) is 6.07 Å². The van der Waals surface area contributed by atoms with Gasteiger partial charge in [-0.25, -0.2) is 4.39 Å². The second kappa shape index (κ2) is 5.24. The van der Waals surface area contributed by atoms with E-state index >= 15 is 0 Å². The van der Waals surface area contributed by atoms with Crippen LogP contribution in [0, 0.1) is 5.82 Å². The average Bonchev–Trinajstić information content (AvgIpc) is 2.22. The molecule has 0 unspecified atom stereocenters. The highest BCUT2D eigenvalue weighted by atomic mass is 35.5. The average molecular weight is 230 g/mol. The fourth-order valence-electron chi connectivity index (χ4n) is 1.32. The molecule has 0 amide bonds. The maximum Gasteiger partial charge on any atom is 0.167 e. The van der Waals surface area contributed by atoms with Gasteiger partial charge in [-0.2, -0.15) is 0 Å². The van der Waals surface area contributed by atoms with Crippen molar-refractivity contribution in [3.05, 3.63) is 34.1 Å². The Morgan fingerprint density at radius 3 is 2.73 bits per heavy atom. The number of halogens is 2. The van der Waals surface area contributed by atoms with Crippen LogP contribution in [0.25, 0.3) is 0 Å². The first kappa shape index (κ1) is 12.1. The molecule has 0 saturated heterocycles. The molecule has 0 spiro atoms. The van der Waals surface area contributed by atoms with Crippen molar-refractivity contribution in [1.82, 2.24) is 0 Å². The van der Waals surface area contributed by atoms with Crippen molar-refractivity contribution < 1.29 is 9.18 Å². The molecule has 0 aromatic heterocycles. The van der Waals surface area contributed by atoms with Crippen LogP contribution in [0.1, 0.15) is 29.3 Å². The molecule has 1 rings (SSSR count). The Morgan fingerprint density at radius 2 is 2.20 bits per heavy atom. The summed E-state index contributed by atoms with van der Waals surface area (Å²) < 4.78 is 13.5. The summed E-state index contributed by atoms with van der Waals surface area (Å²) in [5, 5.41) is -0.00489. The predicted molar refractivity (Wildman–Crippen MR) is 58.8 cm³/mol. The van der Waals surface area contributed by atoms with Crippen molar-refractivity contribution in [2.75, 3.05) is 6.54 Å². The third kappa shape index (κ3) is 2.76. The lowest BCUT2D eigenvalue weighted by atomic mass is 10.0. The fraction of sp³-hybridized carbons (Fsp3) is 0.364. The lowest BCUT2D eigenvalue weighted by molar-refractivity contribution is 0.0981. The first-order chi connectivity index (χ1) is 7.10. The number of nitrogens with two attached hydrogens (primary N) is 1. The number of carbonyl (C=O) groups is 1. The minimum absolute atomic E-state index is 0.00489. The van der Waals surface area contributed by atoms with E-state index in [2.05, 4.69) is 0 Å². The van der Waals surface area contributed by atoms with Gasteiger partial charge in [0.05, 0.1) is 10.6 Å². The summed E-state index contributed by atoms with van der Waals surface area (Å²) in [5.74, 6) is -0.945. The second-order valence-corrected chi connectivity index (χ2v) is 3.66. The van der Waals surface area contributed by atoms with Crippen LogP contribution in [0.4, 0.5) is 4.39 Å². The van der Waals surface area contributed by atoms with Gasteiger partial charge in [0.1, 0.15) is 0 Å². The van der Waals surface area contributed by atoms with Gasteiger partial charge in [0.15, 0.2) is 11.6 Å². The van der Waals surface area contributed by atoms with Gasteiger partial charge in [0, 0.05) is 6.42 Å². The highest BCUT2D eigenvalue weighted by Crippen LogP contribution is 2.22. The van der Waals surface area contributed by atoms with Gasteiger partial charge in [0.2, 0.25) is 0 Å². The molecule has 0 heterocycles. The van der Waals surface area contributed by atoms with Gasteiger partial charge >= 0.3 is 0 Å². The maximum absolute atomic E-state index is 13.5. The van der Waals surface area contributed by atoms with Crippen LogP contribution < -0.4 is 5.73 Å². The smallest absolute Gasteiger partial charge is 0.167 e. The Labute approximate surface area is 93.2 Å². The lowest BCUT2D eigenvalue weighted by Crippen LogP contribution is -2.10. The third-order valence-corrected chi connectivity index (χ3v) is 2.44. The van der Waals surface area contributed by atoms with Gasteiger partial charge in [0.25, 0.3) is 0 Å². The lowest BCUT2D eigenvalue weighted by Gasteiger charge is -2.06. The molecule has 4 heteroatoms. The Hall–Kier alpha value is -0.930. The predicted octanol–water partition coefficient (Wildman–Crippen LogP) is 2.57. The largest absolute Gasteiger partial charge is 0.330 e. The summed E-state index contributed by atoms with van der Waals surface area (Å²) in [7, 11) is 0. The summed E-state index contributed by atoms with van der Waals surface area (Å²) in [5.41, 5.74) is 6.14. The highest BCUT2D eigenvalue weighted by molar-refractivity contribution is 6.31. The zero-order valence-corrected chi connectivity index (χ0v) is 9.27. The zero-order valence-electron chi connectivity index (χ0n) is 8.52. The molecule has 2 N–H and O–H groups in total. The SMILES string of the molecule is CCc1cc(Cl)c(F)c(C(=O)CCN)c1. The van der Waals surface area contributed by atoms with Crippen LogP contribution >= 0.6 is 11.6 Å². The number of carbonyl (C=O) groups excluding carboxylic acids is 1. The van der Waals surface area contributed by atoms with Gasteiger partial charge < -0.3 is 5.73 Å². The molecule has 0 aliphatic heterocycles. The molecule has 0 radical (unpaired) electrons. The number of Topliss-reactive ketones (excluding diaryl/α,β-unsaturated/α-hetero) is 1. The van der Waals surface area contributed by atoms with Gasteiger partial charge in [-0.1, -0.05) is 18.5 Å². The summed E-state index contributed by atoms with van der Waals surface area (Å²) in [6.07, 6.45) is 0.851. The molecule has 82 valence electrons. The van der Waals surface area contributed by atoms with Crippen molar-refractivity contribution in [2.45, 2.75) is 19.8 Å². The summed E-state index contributed by atoms with van der Waals surface area (Å²) in [6, 6.07) is 3.08. The van der Waals surface area contributed by atoms with Gasteiger partial charge in [-0.15, -0.1) is 0 Å². The molecule has 1 aromatic carbocycles. The van der Waals surface area contributed by atoms with Crippen LogP contribution in [0.3, 0.4) is 0 Å². The van der Waals surface area contributed by atoms with E-state index in [4.69, 9.17) is 17.3 Å². The number of rotatable bonds is 4. The molecule has 0 aliphatic rings. The number of ketones is 1. The summed E-state index contributed by atoms with van der Waals surface area (Å²) in [6.45, 7) is 2.13. The van der Waals surface area contributed by atoms with Crippen molar-refractivity contribution in [3.8, 4) is 0 Å². The van der Waals surface area contributed by atoms with E-state index in [0.29, 0.717) is 6.42 Å². The van der Waals surface area contributed by atoms with Gasteiger partial charge in [-0.05, 0) is 30.7 Å². The number of aryl methyl sites for hydroxylation is 1. The number of benzene rings is 1. The van der Waals surface area contributed by atoms with E-state index in [1.54, 1.807) is 6.07 Å². The fourth-order valence-corrected chi connectivity index (χ4v) is 1.56. The summed E-state index contributed by atoms with van der Waals surface area (Å²) >= 11 is 5.68. The van der Waals surface area contributed by atoms with Crippen molar-refractivity contribution >= 4 is 17.4 Å². The molecule has 0 aliphatic carbocycles. The quantitative estimate of drug-likeness (QED) is 0.807. The van der Waals surface area contributed by atoms with E-state index in [1.807, 2.05) is 6.92 Å². The monoisotopic (exact) mass is 229 g/mol. The summed E-state index contributed by atoms with van der Waals surface area (Å²) in [4.78, 5) is 11.5. The van der Waals surface area contributed by atoms with Crippen LogP contribution in [0.15, 0.2) is 12.1 Å². The zero-order chi connectivity index (χ0) is 11.4. The molecule has 0 atom stereocenters. The number of hydrogen-bond acceptors (Lipinski definition) is 2. The van der Waals surface area contributed by atoms with Crippen molar-refractivity contribution in [2.24, 2.45) is 5.73 Å². The molecule has 0 bridgehead atoms. The van der Waals surface area contributed by atoms with Crippen molar-refractivity contribution in [3.63, 3.8) is 0 Å². The van der Waals surface area contributed by atoms with E-state index in [-0.39, 0.29) is 29.3 Å². The minimum atomic E-state index is -0.646. The molecule has 1 aromatic rings. The standard InChI is InChI=1S/C11H13ClFNO/c1-2-7-5-8(10(15)3-4-14)11(13)9(12)6-7/h5-6H,2-4,14H2,1H3. The van der Waals surface area contributed by atoms with E-state index < -0.39 is 5.82 Å². The Balaban J connectivity index is 3.15. The topological polar surface area (TPSA) is 43.1 Å². The second-order valence-electron chi connectivity index (χ2n) is 3.25. The van der Waals surface area contributed by atoms with Crippen LogP contribution in [-0.2, 0) is 6.42 Å². The molecular formula is C11H13ClFNO. The Bertz CT molecular complexity index is 379. The number of hydrogen-bond donors (Lipinski definition) is 1. The van der Waals surface area contributed by atoms with Crippen LogP contribution in [0.5, 0.6) is 0 Å². The third-order valence-electron chi connectivity index (χ3n) is 2.17. The molecular weight excluding hydrogens is 217 g/mol. The molecule has 15 heavy (non-hydrogen) atoms. The van der Waals surface area contributed by atoms with E-state index in [9.17, 15) is 9.18 Å². The van der Waals surface area contributed by atoms with Crippen LogP contribution in [-0.4, -0.2) is 12.3 Å². The first-order valence-electron chi connectivity index (χ1n) is 4.81. The molecule has 0 saturated carbocycles. The Kier molecular flexibility index (Phi) is 4.24. The maximum atomic E-state index is 13.5. The highest BCUT2D eigenvalue weighted by Gasteiger charge is 2.14. The first-order valence-corrected chi connectivity index (χ1v) is 5.19. The normalized spacial score (nSPS) is 10.4. The van der Waals surface area contributed by atoms with E-state index in [0.717, 1.165) is 5.56 Å². The molecule has 2 nitrogen and oxygen atoms in total.